The standard InChI is InChI=1S/C33H39N7O2/c1-31(2,35)29(41)38-32(3,19-22-20-37-26-12-6-4-9-23(22)26)30(42)39-17-14-33(15-18-39)21-40(27-13-7-5-10-24(27)33)28-25(34)11-8-16-36-28/h4-13,16,20,37H,14-15,17-19,21,34-35H2,1-3H3,(H,38,41). The molecule has 6 N–H and O–H groups in total. The molecule has 0 radical (unpaired) electrons. The van der Waals surface area contributed by atoms with Crippen LogP contribution in [0, 0.1) is 0 Å². The lowest BCUT2D eigenvalue weighted by Crippen LogP contribution is -2.64. The van der Waals surface area contributed by atoms with Gasteiger partial charge in [-0.05, 0) is 69.0 Å². The first-order valence-corrected chi connectivity index (χ1v) is 14.5. The van der Waals surface area contributed by atoms with E-state index in [1.807, 2.05) is 60.5 Å². The van der Waals surface area contributed by atoms with E-state index in [0.717, 1.165) is 47.4 Å². The number of nitrogens with one attached hydrogen (secondary N) is 2. The highest BCUT2D eigenvalue weighted by atomic mass is 16.2. The number of H-pyrrole nitrogens is 1. The third kappa shape index (κ3) is 4.77. The molecule has 4 aromatic rings. The Morgan fingerprint density at radius 1 is 1.02 bits per heavy atom. The van der Waals surface area contributed by atoms with Gasteiger partial charge in [0.1, 0.15) is 5.54 Å². The lowest BCUT2D eigenvalue weighted by atomic mass is 9.74. The molecule has 0 saturated carbocycles. The molecule has 9 nitrogen and oxygen atoms in total. The number of fused-ring (bicyclic) bond motifs is 3. The molecule has 1 fully saturated rings. The zero-order chi connectivity index (χ0) is 29.7. The van der Waals surface area contributed by atoms with Gasteiger partial charge >= 0.3 is 0 Å². The van der Waals surface area contributed by atoms with Gasteiger partial charge in [0.15, 0.2) is 5.82 Å². The molecule has 2 aromatic carbocycles. The van der Waals surface area contributed by atoms with E-state index in [2.05, 4.69) is 38.4 Å². The zero-order valence-corrected chi connectivity index (χ0v) is 24.5. The summed E-state index contributed by atoms with van der Waals surface area (Å²) in [5.74, 6) is 0.302. The number of nitrogens with zero attached hydrogens (tertiary/aromatic N) is 3. The fourth-order valence-electron chi connectivity index (χ4n) is 6.61. The maximum Gasteiger partial charge on any atom is 0.248 e. The van der Waals surface area contributed by atoms with Gasteiger partial charge in [-0.1, -0.05) is 36.4 Å². The third-order valence-corrected chi connectivity index (χ3v) is 8.97. The number of nitrogens with two attached hydrogens (primary N) is 2. The van der Waals surface area contributed by atoms with E-state index in [0.29, 0.717) is 25.2 Å². The summed E-state index contributed by atoms with van der Waals surface area (Å²) in [6.45, 7) is 7.03. The zero-order valence-electron chi connectivity index (χ0n) is 24.5. The van der Waals surface area contributed by atoms with Crippen molar-refractivity contribution in [1.29, 1.82) is 0 Å². The number of piperidine rings is 1. The predicted molar refractivity (Wildman–Crippen MR) is 166 cm³/mol. The first-order chi connectivity index (χ1) is 20.0. The molecule has 2 aromatic heterocycles. The smallest absolute Gasteiger partial charge is 0.248 e. The van der Waals surface area contributed by atoms with E-state index in [1.165, 1.54) is 5.56 Å². The van der Waals surface area contributed by atoms with Crippen molar-refractivity contribution in [2.24, 2.45) is 5.73 Å². The van der Waals surface area contributed by atoms with Gasteiger partial charge in [-0.15, -0.1) is 0 Å². The van der Waals surface area contributed by atoms with Gasteiger partial charge in [-0.3, -0.25) is 9.59 Å². The van der Waals surface area contributed by atoms with Crippen LogP contribution < -0.4 is 21.7 Å². The van der Waals surface area contributed by atoms with Crippen molar-refractivity contribution in [2.45, 2.75) is 56.5 Å². The second-order valence-electron chi connectivity index (χ2n) is 12.6. The Kier molecular flexibility index (Phi) is 6.73. The number of hydrogen-bond acceptors (Lipinski definition) is 6. The second kappa shape index (κ2) is 10.2. The van der Waals surface area contributed by atoms with Crippen molar-refractivity contribution in [2.75, 3.05) is 30.3 Å². The molecule has 2 aliphatic rings. The van der Waals surface area contributed by atoms with E-state index in [9.17, 15) is 9.59 Å². The normalized spacial score (nSPS) is 17.7. The number of carbonyl (C=O) groups excluding carboxylic acids is 2. The lowest BCUT2D eigenvalue weighted by Gasteiger charge is -2.43. The van der Waals surface area contributed by atoms with Gasteiger partial charge < -0.3 is 31.6 Å². The number of benzene rings is 2. The minimum absolute atomic E-state index is 0.0997. The van der Waals surface area contributed by atoms with Gasteiger partial charge in [0.2, 0.25) is 11.8 Å². The van der Waals surface area contributed by atoms with Crippen LogP contribution in [0.5, 0.6) is 0 Å². The first-order valence-electron chi connectivity index (χ1n) is 14.5. The summed E-state index contributed by atoms with van der Waals surface area (Å²) in [7, 11) is 0. The number of amides is 2. The average molecular weight is 566 g/mol. The molecule has 0 bridgehead atoms. The van der Waals surface area contributed by atoms with E-state index in [1.54, 1.807) is 20.0 Å². The van der Waals surface area contributed by atoms with Crippen molar-refractivity contribution >= 4 is 39.9 Å². The number of aromatic nitrogens is 2. The van der Waals surface area contributed by atoms with Crippen LogP contribution >= 0.6 is 0 Å². The Balaban J connectivity index is 1.27. The SMILES string of the molecule is CC(C)(N)C(=O)NC(C)(Cc1c[nH]c2ccccc12)C(=O)N1CCC2(CC1)CN(c1ncccc1N)c1ccccc12. The van der Waals surface area contributed by atoms with Crippen LogP contribution in [-0.2, 0) is 21.4 Å². The van der Waals surface area contributed by atoms with Gasteiger partial charge in [0.05, 0.1) is 11.2 Å². The highest BCUT2D eigenvalue weighted by Gasteiger charge is 2.48. The fraction of sp³-hybridized carbons (Fsp3) is 0.364. The summed E-state index contributed by atoms with van der Waals surface area (Å²) in [6.07, 6.45) is 5.62. The maximum absolute atomic E-state index is 14.3. The largest absolute Gasteiger partial charge is 0.396 e. The van der Waals surface area contributed by atoms with Crippen molar-refractivity contribution in [3.05, 3.63) is 84.2 Å². The van der Waals surface area contributed by atoms with E-state index >= 15 is 0 Å². The molecule has 42 heavy (non-hydrogen) atoms. The number of aromatic amines is 1. The molecule has 9 heteroatoms. The molecule has 1 atom stereocenters. The Hall–Kier alpha value is -4.37. The van der Waals surface area contributed by atoms with Crippen LogP contribution in [0.25, 0.3) is 10.9 Å². The molecule has 1 saturated heterocycles. The highest BCUT2D eigenvalue weighted by molar-refractivity contribution is 5.95. The van der Waals surface area contributed by atoms with Gasteiger partial charge in [-0.2, -0.15) is 0 Å². The second-order valence-corrected chi connectivity index (χ2v) is 12.6. The minimum atomic E-state index is -1.18. The van der Waals surface area contributed by atoms with Crippen LogP contribution in [0.1, 0.15) is 44.7 Å². The summed E-state index contributed by atoms with van der Waals surface area (Å²) in [5, 5.41) is 4.08. The minimum Gasteiger partial charge on any atom is -0.396 e. The number of rotatable bonds is 6. The van der Waals surface area contributed by atoms with Crippen LogP contribution in [0.3, 0.4) is 0 Å². The van der Waals surface area contributed by atoms with Gasteiger partial charge in [0.25, 0.3) is 0 Å². The molecule has 1 unspecified atom stereocenters. The quantitative estimate of drug-likeness (QED) is 0.279. The van der Waals surface area contributed by atoms with E-state index in [-0.39, 0.29) is 17.2 Å². The van der Waals surface area contributed by atoms with Crippen LogP contribution in [-0.4, -0.2) is 57.4 Å². The molecule has 4 heterocycles. The predicted octanol–water partition coefficient (Wildman–Crippen LogP) is 4.01. The fourth-order valence-corrected chi connectivity index (χ4v) is 6.61. The lowest BCUT2D eigenvalue weighted by molar-refractivity contribution is -0.143. The Labute approximate surface area is 246 Å². The van der Waals surface area contributed by atoms with E-state index in [4.69, 9.17) is 11.5 Å². The van der Waals surface area contributed by atoms with Crippen molar-refractivity contribution < 1.29 is 9.59 Å². The van der Waals surface area contributed by atoms with Gasteiger partial charge in [0, 0.05) is 60.5 Å². The number of carbonyl (C=O) groups is 2. The molecular weight excluding hydrogens is 526 g/mol. The highest BCUT2D eigenvalue weighted by Crippen LogP contribution is 2.50. The van der Waals surface area contributed by atoms with Crippen molar-refractivity contribution in [3.63, 3.8) is 0 Å². The summed E-state index contributed by atoms with van der Waals surface area (Å²) in [5.41, 5.74) is 15.1. The number of anilines is 3. The molecule has 218 valence electrons. The molecule has 2 amide bonds. The van der Waals surface area contributed by atoms with Crippen LogP contribution in [0.15, 0.2) is 73.1 Å². The van der Waals surface area contributed by atoms with Crippen LogP contribution in [0.2, 0.25) is 0 Å². The number of para-hydroxylation sites is 2. The Morgan fingerprint density at radius 3 is 2.48 bits per heavy atom. The number of hydrogen-bond donors (Lipinski definition) is 4. The van der Waals surface area contributed by atoms with Gasteiger partial charge in [-0.25, -0.2) is 4.98 Å². The van der Waals surface area contributed by atoms with E-state index < -0.39 is 11.1 Å². The third-order valence-electron chi connectivity index (χ3n) is 8.97. The molecule has 1 spiro atoms. The number of nitrogen functional groups attached to an aromatic ring is 1. The summed E-state index contributed by atoms with van der Waals surface area (Å²) in [4.78, 5) is 39.5. The van der Waals surface area contributed by atoms with Crippen molar-refractivity contribution in [1.82, 2.24) is 20.2 Å². The molecule has 2 aliphatic heterocycles. The van der Waals surface area contributed by atoms with Crippen LogP contribution in [0.4, 0.5) is 17.2 Å². The Bertz CT molecular complexity index is 1650. The number of likely N-dealkylation sites (tertiary alicyclic amines) is 1. The summed E-state index contributed by atoms with van der Waals surface area (Å²) in [6, 6.07) is 20.1. The van der Waals surface area contributed by atoms with Crippen molar-refractivity contribution in [3.8, 4) is 0 Å². The average Bonchev–Trinajstić information content (AvgIpc) is 3.52. The number of pyridine rings is 1. The maximum atomic E-state index is 14.3. The Morgan fingerprint density at radius 2 is 1.74 bits per heavy atom. The molecular formula is C33H39N7O2. The first kappa shape index (κ1) is 27.8. The summed E-state index contributed by atoms with van der Waals surface area (Å²) >= 11 is 0. The summed E-state index contributed by atoms with van der Waals surface area (Å²) < 4.78 is 0. The topological polar surface area (TPSA) is 133 Å². The molecule has 6 rings (SSSR count). The monoisotopic (exact) mass is 565 g/mol. The molecule has 0 aliphatic carbocycles.